The lowest BCUT2D eigenvalue weighted by molar-refractivity contribution is -0.118. The molecule has 0 aliphatic carbocycles. The van der Waals surface area contributed by atoms with Gasteiger partial charge in [-0.1, -0.05) is 6.92 Å². The number of rotatable bonds is 3. The quantitative estimate of drug-likeness (QED) is 0.794. The molecule has 1 aromatic carbocycles. The van der Waals surface area contributed by atoms with E-state index in [4.69, 9.17) is 5.11 Å². The van der Waals surface area contributed by atoms with Crippen LogP contribution in [0.1, 0.15) is 23.7 Å². The van der Waals surface area contributed by atoms with Crippen LogP contribution in [-0.4, -0.2) is 29.6 Å². The van der Waals surface area contributed by atoms with Crippen molar-refractivity contribution < 1.29 is 14.7 Å². The Labute approximate surface area is 119 Å². The summed E-state index contributed by atoms with van der Waals surface area (Å²) in [7, 11) is 0. The number of hydrogen-bond donors (Lipinski definition) is 3. The number of carbonyl (C=O) groups excluding carboxylic acids is 1. The summed E-state index contributed by atoms with van der Waals surface area (Å²) in [6.07, 6.45) is 0.967. The van der Waals surface area contributed by atoms with Crippen LogP contribution in [0.4, 0.5) is 5.69 Å². The third kappa shape index (κ3) is 3.13. The van der Waals surface area contributed by atoms with Gasteiger partial charge in [0.15, 0.2) is 0 Å². The van der Waals surface area contributed by atoms with Gasteiger partial charge in [-0.2, -0.15) is 0 Å². The van der Waals surface area contributed by atoms with Crippen LogP contribution >= 0.6 is 15.9 Å². The lowest BCUT2D eigenvalue weighted by Gasteiger charge is -2.16. The van der Waals surface area contributed by atoms with E-state index >= 15 is 0 Å². The topological polar surface area (TPSA) is 78.4 Å². The number of carboxylic acid groups (broad SMARTS) is 1. The molecule has 1 amide bonds. The summed E-state index contributed by atoms with van der Waals surface area (Å²) in [6.45, 7) is 2.85. The van der Waals surface area contributed by atoms with Crippen LogP contribution in [0.5, 0.6) is 0 Å². The summed E-state index contributed by atoms with van der Waals surface area (Å²) < 4.78 is 0.663. The second kappa shape index (κ2) is 5.71. The molecule has 1 aromatic rings. The number of anilines is 1. The fraction of sp³-hybridized carbons (Fsp3) is 0.385. The predicted octanol–water partition coefficient (Wildman–Crippen LogP) is 2.08. The number of benzene rings is 1. The van der Waals surface area contributed by atoms with E-state index in [1.165, 1.54) is 12.1 Å². The lowest BCUT2D eigenvalue weighted by Crippen LogP contribution is -2.39. The van der Waals surface area contributed by atoms with Crippen LogP contribution in [0.3, 0.4) is 0 Å². The van der Waals surface area contributed by atoms with E-state index in [0.29, 0.717) is 10.2 Å². The summed E-state index contributed by atoms with van der Waals surface area (Å²) in [5, 5.41) is 14.9. The molecule has 1 fully saturated rings. The standard InChI is InChI=1S/C13H15BrN2O3/c1-7-4-5-15-11(7)12(17)16-10-6-8(13(18)19)2-3-9(10)14/h2-3,6-7,11,15H,4-5H2,1H3,(H,16,17)(H,18,19). The number of aromatic carboxylic acids is 1. The van der Waals surface area contributed by atoms with Crippen molar-refractivity contribution in [3.05, 3.63) is 28.2 Å². The Balaban J connectivity index is 2.16. The van der Waals surface area contributed by atoms with Crippen molar-refractivity contribution in [1.82, 2.24) is 5.32 Å². The zero-order valence-corrected chi connectivity index (χ0v) is 12.0. The van der Waals surface area contributed by atoms with Crippen LogP contribution in [0.2, 0.25) is 0 Å². The fourth-order valence-electron chi connectivity index (χ4n) is 2.15. The van der Waals surface area contributed by atoms with Gasteiger partial charge in [-0.05, 0) is 53.0 Å². The smallest absolute Gasteiger partial charge is 0.335 e. The average Bonchev–Trinajstić information content (AvgIpc) is 2.78. The number of halogens is 1. The number of nitrogens with one attached hydrogen (secondary N) is 2. The number of hydrogen-bond acceptors (Lipinski definition) is 3. The number of carboxylic acids is 1. The molecule has 5 nitrogen and oxygen atoms in total. The monoisotopic (exact) mass is 326 g/mol. The van der Waals surface area contributed by atoms with Gasteiger partial charge in [0.1, 0.15) is 0 Å². The molecule has 2 rings (SSSR count). The van der Waals surface area contributed by atoms with Gasteiger partial charge < -0.3 is 15.7 Å². The van der Waals surface area contributed by atoms with Crippen molar-refractivity contribution in [2.75, 3.05) is 11.9 Å². The molecule has 0 spiro atoms. The highest BCUT2D eigenvalue weighted by molar-refractivity contribution is 9.10. The van der Waals surface area contributed by atoms with E-state index in [1.807, 2.05) is 6.92 Å². The maximum absolute atomic E-state index is 12.1. The largest absolute Gasteiger partial charge is 0.478 e. The lowest BCUT2D eigenvalue weighted by atomic mass is 10.0. The zero-order valence-electron chi connectivity index (χ0n) is 10.4. The van der Waals surface area contributed by atoms with Crippen molar-refractivity contribution in [3.63, 3.8) is 0 Å². The van der Waals surface area contributed by atoms with Gasteiger partial charge in [0.25, 0.3) is 0 Å². The van der Waals surface area contributed by atoms with Crippen LogP contribution in [-0.2, 0) is 4.79 Å². The molecule has 1 saturated heterocycles. The van der Waals surface area contributed by atoms with Crippen LogP contribution in [0.15, 0.2) is 22.7 Å². The molecule has 19 heavy (non-hydrogen) atoms. The van der Waals surface area contributed by atoms with Crippen LogP contribution in [0, 0.1) is 5.92 Å². The van der Waals surface area contributed by atoms with Crippen molar-refractivity contribution in [2.45, 2.75) is 19.4 Å². The highest BCUT2D eigenvalue weighted by Crippen LogP contribution is 2.25. The normalized spacial score (nSPS) is 22.2. The molecule has 0 aromatic heterocycles. The fourth-order valence-corrected chi connectivity index (χ4v) is 2.50. The Morgan fingerprint density at radius 2 is 2.21 bits per heavy atom. The summed E-state index contributed by atoms with van der Waals surface area (Å²) >= 11 is 3.30. The van der Waals surface area contributed by atoms with E-state index in [9.17, 15) is 9.59 Å². The average molecular weight is 327 g/mol. The van der Waals surface area contributed by atoms with E-state index in [1.54, 1.807) is 6.07 Å². The Morgan fingerprint density at radius 1 is 1.47 bits per heavy atom. The predicted molar refractivity (Wildman–Crippen MR) is 75.3 cm³/mol. The third-order valence-corrected chi connectivity index (χ3v) is 3.98. The molecule has 1 heterocycles. The van der Waals surface area contributed by atoms with Gasteiger partial charge in [-0.15, -0.1) is 0 Å². The van der Waals surface area contributed by atoms with Gasteiger partial charge in [0, 0.05) is 4.47 Å². The first-order chi connectivity index (χ1) is 8.99. The van der Waals surface area contributed by atoms with Gasteiger partial charge in [0.05, 0.1) is 17.3 Å². The van der Waals surface area contributed by atoms with E-state index in [0.717, 1.165) is 13.0 Å². The number of amides is 1. The van der Waals surface area contributed by atoms with Gasteiger partial charge in [-0.3, -0.25) is 4.79 Å². The summed E-state index contributed by atoms with van der Waals surface area (Å²) in [6, 6.07) is 4.33. The molecule has 6 heteroatoms. The molecule has 2 unspecified atom stereocenters. The molecule has 3 N–H and O–H groups in total. The van der Waals surface area contributed by atoms with E-state index in [2.05, 4.69) is 26.6 Å². The van der Waals surface area contributed by atoms with Crippen LogP contribution < -0.4 is 10.6 Å². The first kappa shape index (κ1) is 14.0. The Hall–Kier alpha value is -1.40. The van der Waals surface area contributed by atoms with Crippen LogP contribution in [0.25, 0.3) is 0 Å². The molecular formula is C13H15BrN2O3. The Bertz CT molecular complexity index is 519. The summed E-state index contributed by atoms with van der Waals surface area (Å²) in [4.78, 5) is 23.0. The number of carbonyl (C=O) groups is 2. The van der Waals surface area contributed by atoms with E-state index < -0.39 is 5.97 Å². The second-order valence-electron chi connectivity index (χ2n) is 4.69. The summed E-state index contributed by atoms with van der Waals surface area (Å²) in [5.74, 6) is -0.870. The molecule has 0 bridgehead atoms. The summed E-state index contributed by atoms with van der Waals surface area (Å²) in [5.41, 5.74) is 0.622. The van der Waals surface area contributed by atoms with Gasteiger partial charge in [0.2, 0.25) is 5.91 Å². The van der Waals surface area contributed by atoms with Crippen molar-refractivity contribution in [2.24, 2.45) is 5.92 Å². The van der Waals surface area contributed by atoms with Crippen molar-refractivity contribution >= 4 is 33.5 Å². The first-order valence-electron chi connectivity index (χ1n) is 6.06. The molecule has 1 aliphatic rings. The van der Waals surface area contributed by atoms with Crippen molar-refractivity contribution in [1.29, 1.82) is 0 Å². The Morgan fingerprint density at radius 3 is 2.79 bits per heavy atom. The highest BCUT2D eigenvalue weighted by Gasteiger charge is 2.29. The Kier molecular flexibility index (Phi) is 4.21. The highest BCUT2D eigenvalue weighted by atomic mass is 79.9. The van der Waals surface area contributed by atoms with Gasteiger partial charge >= 0.3 is 5.97 Å². The maximum atomic E-state index is 12.1. The molecule has 2 atom stereocenters. The minimum atomic E-state index is -1.02. The zero-order chi connectivity index (χ0) is 14.0. The van der Waals surface area contributed by atoms with Gasteiger partial charge in [-0.25, -0.2) is 4.79 Å². The van der Waals surface area contributed by atoms with E-state index in [-0.39, 0.29) is 23.4 Å². The van der Waals surface area contributed by atoms with Crippen molar-refractivity contribution in [3.8, 4) is 0 Å². The maximum Gasteiger partial charge on any atom is 0.335 e. The molecule has 1 aliphatic heterocycles. The first-order valence-corrected chi connectivity index (χ1v) is 6.85. The molecular weight excluding hydrogens is 312 g/mol. The third-order valence-electron chi connectivity index (χ3n) is 3.29. The minimum absolute atomic E-state index is 0.131. The molecule has 0 saturated carbocycles. The molecule has 102 valence electrons. The SMILES string of the molecule is CC1CCNC1C(=O)Nc1cc(C(=O)O)ccc1Br. The minimum Gasteiger partial charge on any atom is -0.478 e. The molecule has 0 radical (unpaired) electrons. The second-order valence-corrected chi connectivity index (χ2v) is 5.54.